The van der Waals surface area contributed by atoms with Crippen molar-refractivity contribution in [1.29, 1.82) is 0 Å². The van der Waals surface area contributed by atoms with Crippen LogP contribution in [0.1, 0.15) is 0 Å². The molecule has 0 N–H and O–H groups in total. The fourth-order valence-electron chi connectivity index (χ4n) is 2.05. The molecule has 0 radical (unpaired) electrons. The fourth-order valence-corrected chi connectivity index (χ4v) is 3.33. The van der Waals surface area contributed by atoms with Crippen molar-refractivity contribution in [2.24, 2.45) is 0 Å². The Hall–Kier alpha value is -0.0100. The third kappa shape index (κ3) is 3.01. The van der Waals surface area contributed by atoms with Crippen LogP contribution in [0, 0.1) is 0 Å². The number of rotatable bonds is 2. The largest absolute Gasteiger partial charge is 0.304 e. The molecule has 2 aliphatic rings. The van der Waals surface area contributed by atoms with Gasteiger partial charge in [-0.2, -0.15) is 0 Å². The molecule has 2 aliphatic heterocycles. The molecule has 2 fully saturated rings. The number of hydrogen-bond acceptors (Lipinski definition) is 3. The van der Waals surface area contributed by atoms with E-state index < -0.39 is 11.2 Å². The van der Waals surface area contributed by atoms with Crippen LogP contribution in [-0.2, 0) is 11.2 Å². The molecule has 2 rings (SSSR count). The molecule has 2 saturated heterocycles. The van der Waals surface area contributed by atoms with Gasteiger partial charge in [-0.25, -0.2) is 12.8 Å². The Bertz CT molecular complexity index is 223. The summed E-state index contributed by atoms with van der Waals surface area (Å²) in [7, 11) is 4.24. The van der Waals surface area contributed by atoms with Crippen LogP contribution in [0.3, 0.4) is 0 Å². The predicted octanol–water partition coefficient (Wildman–Crippen LogP) is -0.940. The van der Waals surface area contributed by atoms with E-state index >= 15 is 0 Å². The highest BCUT2D eigenvalue weighted by molar-refractivity contribution is 7.80. The highest BCUT2D eigenvalue weighted by atomic mass is 32.2. The van der Waals surface area contributed by atoms with Gasteiger partial charge in [0.15, 0.2) is 11.2 Å². The normalized spacial score (nSPS) is 27.7. The van der Waals surface area contributed by atoms with E-state index in [9.17, 15) is 4.21 Å². The molecule has 2 heterocycles. The van der Waals surface area contributed by atoms with Crippen molar-refractivity contribution in [2.75, 3.05) is 66.5 Å². The van der Waals surface area contributed by atoms with E-state index in [2.05, 4.69) is 32.5 Å². The maximum atomic E-state index is 12.3. The topological polar surface area (TPSA) is 30.0 Å². The fraction of sp³-hybridized carbons (Fsp3) is 1.00. The van der Waals surface area contributed by atoms with Gasteiger partial charge in [0.2, 0.25) is 0 Å². The average Bonchev–Trinajstić information content (AvgIpc) is 2.30. The lowest BCUT2D eigenvalue weighted by atomic mass is 10.4. The first-order valence-corrected chi connectivity index (χ1v) is 7.02. The standard InChI is InChI=1S/C10H22N4OS/c1-11-3-7-13(8-4-11)16(15)14-9-5-12(2)6-10-14/h3-10H2,1-2H3. The predicted molar refractivity (Wildman–Crippen MR) is 66.3 cm³/mol. The van der Waals surface area contributed by atoms with Crippen molar-refractivity contribution >= 4 is 11.2 Å². The minimum atomic E-state index is -0.909. The van der Waals surface area contributed by atoms with Gasteiger partial charge in [-0.3, -0.25) is 0 Å². The first-order chi connectivity index (χ1) is 7.66. The van der Waals surface area contributed by atoms with Crippen LogP contribution in [0.5, 0.6) is 0 Å². The third-order valence-electron chi connectivity index (χ3n) is 3.37. The molecule has 94 valence electrons. The average molecular weight is 246 g/mol. The molecule has 0 saturated carbocycles. The summed E-state index contributed by atoms with van der Waals surface area (Å²) in [4.78, 5) is 4.58. The van der Waals surface area contributed by atoms with Crippen LogP contribution in [0.4, 0.5) is 0 Å². The van der Waals surface area contributed by atoms with E-state index in [1.807, 2.05) is 0 Å². The van der Waals surface area contributed by atoms with Gasteiger partial charge in [0.25, 0.3) is 0 Å². The Morgan fingerprint density at radius 3 is 1.31 bits per heavy atom. The van der Waals surface area contributed by atoms with Crippen molar-refractivity contribution < 1.29 is 4.21 Å². The number of likely N-dealkylation sites (N-methyl/N-ethyl adjacent to an activating group) is 2. The van der Waals surface area contributed by atoms with Crippen LogP contribution >= 0.6 is 0 Å². The van der Waals surface area contributed by atoms with E-state index in [0.29, 0.717) is 0 Å². The van der Waals surface area contributed by atoms with Crippen molar-refractivity contribution in [1.82, 2.24) is 18.4 Å². The second kappa shape index (κ2) is 5.55. The van der Waals surface area contributed by atoms with Gasteiger partial charge < -0.3 is 9.80 Å². The van der Waals surface area contributed by atoms with Gasteiger partial charge in [-0.15, -0.1) is 0 Å². The first kappa shape index (κ1) is 12.4. The minimum Gasteiger partial charge on any atom is -0.304 e. The Morgan fingerprint density at radius 2 is 1.00 bits per heavy atom. The van der Waals surface area contributed by atoms with Gasteiger partial charge in [0.05, 0.1) is 0 Å². The Kier molecular flexibility index (Phi) is 4.32. The summed E-state index contributed by atoms with van der Waals surface area (Å²) in [6.45, 7) is 7.81. The van der Waals surface area contributed by atoms with E-state index in [4.69, 9.17) is 0 Å². The van der Waals surface area contributed by atoms with Gasteiger partial charge in [-0.05, 0) is 14.1 Å². The maximum Gasteiger partial charge on any atom is 0.172 e. The number of hydrogen-bond donors (Lipinski definition) is 0. The molecule has 0 spiro atoms. The zero-order valence-electron chi connectivity index (χ0n) is 10.3. The molecule has 0 aliphatic carbocycles. The molecule has 0 atom stereocenters. The number of piperazine rings is 2. The molecule has 0 aromatic heterocycles. The highest BCUT2D eigenvalue weighted by Gasteiger charge is 2.26. The molecule has 0 bridgehead atoms. The molecular formula is C10H22N4OS. The van der Waals surface area contributed by atoms with Crippen molar-refractivity contribution in [2.45, 2.75) is 0 Å². The van der Waals surface area contributed by atoms with Gasteiger partial charge in [-0.1, -0.05) is 0 Å². The first-order valence-electron chi connectivity index (χ1n) is 5.96. The summed E-state index contributed by atoms with van der Waals surface area (Å²) < 4.78 is 16.5. The van der Waals surface area contributed by atoms with E-state index in [0.717, 1.165) is 52.4 Å². The second-order valence-electron chi connectivity index (χ2n) is 4.70. The summed E-state index contributed by atoms with van der Waals surface area (Å²) >= 11 is -0.909. The molecular weight excluding hydrogens is 224 g/mol. The van der Waals surface area contributed by atoms with Crippen molar-refractivity contribution in [3.8, 4) is 0 Å². The Labute approximate surface area is 101 Å². The molecule has 6 heteroatoms. The van der Waals surface area contributed by atoms with E-state index in [1.165, 1.54) is 0 Å². The smallest absolute Gasteiger partial charge is 0.172 e. The van der Waals surface area contributed by atoms with Gasteiger partial charge >= 0.3 is 0 Å². The molecule has 0 unspecified atom stereocenters. The summed E-state index contributed by atoms with van der Waals surface area (Å²) in [6.07, 6.45) is 0. The van der Waals surface area contributed by atoms with Crippen molar-refractivity contribution in [3.05, 3.63) is 0 Å². The summed E-state index contributed by atoms with van der Waals surface area (Å²) in [5.74, 6) is 0. The SMILES string of the molecule is CN1CCN(S(=O)N2CCN(C)CC2)CC1. The molecule has 5 nitrogen and oxygen atoms in total. The van der Waals surface area contributed by atoms with Crippen LogP contribution in [0.25, 0.3) is 0 Å². The Balaban J connectivity index is 1.83. The Morgan fingerprint density at radius 1 is 0.688 bits per heavy atom. The van der Waals surface area contributed by atoms with Crippen LogP contribution in [0.2, 0.25) is 0 Å². The lowest BCUT2D eigenvalue weighted by molar-refractivity contribution is 0.198. The zero-order valence-corrected chi connectivity index (χ0v) is 11.1. The number of nitrogens with zero attached hydrogens (tertiary/aromatic N) is 4. The highest BCUT2D eigenvalue weighted by Crippen LogP contribution is 2.09. The van der Waals surface area contributed by atoms with Gasteiger partial charge in [0.1, 0.15) is 0 Å². The van der Waals surface area contributed by atoms with Gasteiger partial charge in [0, 0.05) is 52.4 Å². The lowest BCUT2D eigenvalue weighted by Crippen LogP contribution is -2.53. The molecule has 0 aromatic carbocycles. The summed E-state index contributed by atoms with van der Waals surface area (Å²) in [6, 6.07) is 0. The maximum absolute atomic E-state index is 12.3. The van der Waals surface area contributed by atoms with Crippen molar-refractivity contribution in [3.63, 3.8) is 0 Å². The quantitative estimate of drug-likeness (QED) is 0.630. The zero-order chi connectivity index (χ0) is 11.5. The summed E-state index contributed by atoms with van der Waals surface area (Å²) in [5, 5.41) is 0. The lowest BCUT2D eigenvalue weighted by Gasteiger charge is -2.37. The van der Waals surface area contributed by atoms with Crippen LogP contribution < -0.4 is 0 Å². The molecule has 0 amide bonds. The summed E-state index contributed by atoms with van der Waals surface area (Å²) in [5.41, 5.74) is 0. The second-order valence-corrected chi connectivity index (χ2v) is 6.19. The van der Waals surface area contributed by atoms with Crippen LogP contribution in [-0.4, -0.2) is 89.1 Å². The molecule has 16 heavy (non-hydrogen) atoms. The van der Waals surface area contributed by atoms with E-state index in [1.54, 1.807) is 0 Å². The third-order valence-corrected chi connectivity index (χ3v) is 4.98. The molecule has 0 aromatic rings. The van der Waals surface area contributed by atoms with Crippen LogP contribution in [0.15, 0.2) is 0 Å². The van der Waals surface area contributed by atoms with E-state index in [-0.39, 0.29) is 0 Å². The minimum absolute atomic E-state index is 0.909. The monoisotopic (exact) mass is 246 g/mol.